The van der Waals surface area contributed by atoms with E-state index in [4.69, 9.17) is 4.74 Å². The van der Waals surface area contributed by atoms with E-state index in [9.17, 15) is 10.1 Å². The van der Waals surface area contributed by atoms with Gasteiger partial charge in [0.25, 0.3) is 0 Å². The number of hydrogen-bond acceptors (Lipinski definition) is 8. The molecule has 1 atom stereocenters. The maximum absolute atomic E-state index is 15.0. The third-order valence-electron chi connectivity index (χ3n) is 5.50. The molecule has 4 rings (SSSR count). The predicted molar refractivity (Wildman–Crippen MR) is 141 cm³/mol. The van der Waals surface area contributed by atoms with E-state index < -0.39 is 23.6 Å². The molecule has 0 unspecified atom stereocenters. The molecule has 3 N–H and O–H groups in total. The minimum absolute atomic E-state index is 0.0490. The molecule has 0 spiro atoms. The lowest BCUT2D eigenvalue weighted by Gasteiger charge is -2.23. The molecular formula is C26H30FN9O2. The Morgan fingerprint density at radius 2 is 2.05 bits per heavy atom. The number of halogens is 1. The number of fused-ring (bicyclic) bond motifs is 1. The highest BCUT2D eigenvalue weighted by molar-refractivity contribution is 5.83. The smallest absolute Gasteiger partial charge is 0.407 e. The summed E-state index contributed by atoms with van der Waals surface area (Å²) >= 11 is 0. The molecule has 3 heterocycles. The number of carbonyl (C=O) groups excluding carboxylic acids is 1. The quantitative estimate of drug-likeness (QED) is 0.296. The average molecular weight is 520 g/mol. The molecule has 4 aromatic rings. The second-order valence-corrected chi connectivity index (χ2v) is 9.64. The Bertz CT molecular complexity index is 1450. The number of nitriles is 1. The minimum Gasteiger partial charge on any atom is -0.444 e. The van der Waals surface area contributed by atoms with Crippen molar-refractivity contribution in [2.24, 2.45) is 0 Å². The van der Waals surface area contributed by atoms with Crippen molar-refractivity contribution in [2.45, 2.75) is 52.4 Å². The monoisotopic (exact) mass is 519 g/mol. The molecule has 38 heavy (non-hydrogen) atoms. The summed E-state index contributed by atoms with van der Waals surface area (Å²) in [6.07, 6.45) is 4.55. The van der Waals surface area contributed by atoms with E-state index in [0.29, 0.717) is 12.2 Å². The fourth-order valence-corrected chi connectivity index (χ4v) is 3.83. The van der Waals surface area contributed by atoms with Gasteiger partial charge in [0.15, 0.2) is 17.5 Å². The first kappa shape index (κ1) is 26.4. The van der Waals surface area contributed by atoms with Crippen LogP contribution in [0.3, 0.4) is 0 Å². The highest BCUT2D eigenvalue weighted by Crippen LogP contribution is 2.26. The lowest BCUT2D eigenvalue weighted by Crippen LogP contribution is -2.41. The SMILES string of the molecule is CCn1ncc2cc(Nc3nc(N[C@@H](CNC(=O)OC(C)(C)C)Cn4cccn4)c(F)cc3C#N)ccc21. The molecule has 0 radical (unpaired) electrons. The molecule has 0 saturated heterocycles. The largest absolute Gasteiger partial charge is 0.444 e. The van der Waals surface area contributed by atoms with Crippen molar-refractivity contribution < 1.29 is 13.9 Å². The zero-order valence-electron chi connectivity index (χ0n) is 21.7. The van der Waals surface area contributed by atoms with Crippen molar-refractivity contribution in [1.82, 2.24) is 29.9 Å². The maximum Gasteiger partial charge on any atom is 0.407 e. The van der Waals surface area contributed by atoms with E-state index in [2.05, 4.69) is 31.1 Å². The number of anilines is 3. The first-order chi connectivity index (χ1) is 18.1. The van der Waals surface area contributed by atoms with Gasteiger partial charge in [-0.1, -0.05) is 0 Å². The Balaban J connectivity index is 1.57. The summed E-state index contributed by atoms with van der Waals surface area (Å²) < 4.78 is 23.9. The zero-order chi connectivity index (χ0) is 27.3. The van der Waals surface area contributed by atoms with E-state index in [1.54, 1.807) is 50.1 Å². The van der Waals surface area contributed by atoms with E-state index in [-0.39, 0.29) is 23.7 Å². The molecule has 0 aliphatic heterocycles. The van der Waals surface area contributed by atoms with Crippen LogP contribution < -0.4 is 16.0 Å². The number of nitrogens with zero attached hydrogens (tertiary/aromatic N) is 6. The number of aryl methyl sites for hydroxylation is 1. The molecule has 0 bridgehead atoms. The normalized spacial score (nSPS) is 12.1. The van der Waals surface area contributed by atoms with Gasteiger partial charge < -0.3 is 20.7 Å². The minimum atomic E-state index is -0.700. The number of nitrogens with one attached hydrogen (secondary N) is 3. The Labute approximate surface area is 219 Å². The van der Waals surface area contributed by atoms with E-state index in [1.165, 1.54) is 0 Å². The van der Waals surface area contributed by atoms with Gasteiger partial charge >= 0.3 is 6.09 Å². The second-order valence-electron chi connectivity index (χ2n) is 9.64. The van der Waals surface area contributed by atoms with E-state index in [0.717, 1.165) is 23.5 Å². The molecule has 0 aliphatic carbocycles. The molecule has 0 fully saturated rings. The number of benzene rings is 1. The number of alkyl carbamates (subject to hydrolysis) is 1. The van der Waals surface area contributed by atoms with Gasteiger partial charge in [-0.25, -0.2) is 14.2 Å². The highest BCUT2D eigenvalue weighted by Gasteiger charge is 2.20. The highest BCUT2D eigenvalue weighted by atomic mass is 19.1. The number of carbonyl (C=O) groups is 1. The van der Waals surface area contributed by atoms with Crippen molar-refractivity contribution in [3.05, 3.63) is 60.3 Å². The van der Waals surface area contributed by atoms with Crippen LogP contribution in [0.5, 0.6) is 0 Å². The molecule has 198 valence electrons. The number of pyridine rings is 1. The lowest BCUT2D eigenvalue weighted by atomic mass is 10.2. The number of ether oxygens (including phenoxy) is 1. The van der Waals surface area contributed by atoms with Gasteiger partial charge in [-0.2, -0.15) is 15.5 Å². The van der Waals surface area contributed by atoms with Crippen LogP contribution in [-0.2, 0) is 17.8 Å². The average Bonchev–Trinajstić information content (AvgIpc) is 3.52. The summed E-state index contributed by atoms with van der Waals surface area (Å²) in [5, 5.41) is 27.9. The first-order valence-electron chi connectivity index (χ1n) is 12.2. The fourth-order valence-electron chi connectivity index (χ4n) is 3.83. The first-order valence-corrected chi connectivity index (χ1v) is 12.2. The number of rotatable bonds is 9. The van der Waals surface area contributed by atoms with Gasteiger partial charge in [0.05, 0.1) is 29.9 Å². The van der Waals surface area contributed by atoms with Crippen molar-refractivity contribution in [1.29, 1.82) is 5.26 Å². The fraction of sp³-hybridized carbons (Fsp3) is 0.346. The molecule has 11 nitrogen and oxygen atoms in total. The van der Waals surface area contributed by atoms with Crippen LogP contribution in [0.25, 0.3) is 10.9 Å². The van der Waals surface area contributed by atoms with E-state index >= 15 is 4.39 Å². The van der Waals surface area contributed by atoms with Gasteiger partial charge in [-0.3, -0.25) is 9.36 Å². The Morgan fingerprint density at radius 1 is 1.24 bits per heavy atom. The molecule has 0 saturated carbocycles. The van der Waals surface area contributed by atoms with Crippen LogP contribution >= 0.6 is 0 Å². The Hall–Kier alpha value is -4.66. The van der Waals surface area contributed by atoms with Crippen LogP contribution in [0.15, 0.2) is 48.9 Å². The number of aromatic nitrogens is 5. The third kappa shape index (κ3) is 6.56. The molecular weight excluding hydrogens is 489 g/mol. The van der Waals surface area contributed by atoms with Gasteiger partial charge in [0.1, 0.15) is 11.7 Å². The van der Waals surface area contributed by atoms with Crippen LogP contribution in [0.4, 0.5) is 26.5 Å². The second kappa shape index (κ2) is 11.2. The van der Waals surface area contributed by atoms with Crippen LogP contribution in [0.2, 0.25) is 0 Å². The molecule has 1 amide bonds. The Kier molecular flexibility index (Phi) is 7.76. The maximum atomic E-state index is 15.0. The van der Waals surface area contributed by atoms with Crippen molar-refractivity contribution in [2.75, 3.05) is 17.2 Å². The summed E-state index contributed by atoms with van der Waals surface area (Å²) in [7, 11) is 0. The molecule has 12 heteroatoms. The number of hydrogen-bond donors (Lipinski definition) is 3. The third-order valence-corrected chi connectivity index (χ3v) is 5.50. The zero-order valence-corrected chi connectivity index (χ0v) is 21.7. The van der Waals surface area contributed by atoms with Crippen molar-refractivity contribution in [3.63, 3.8) is 0 Å². The van der Waals surface area contributed by atoms with Gasteiger partial charge in [0.2, 0.25) is 0 Å². The lowest BCUT2D eigenvalue weighted by molar-refractivity contribution is 0.0524. The van der Waals surface area contributed by atoms with Gasteiger partial charge in [-0.05, 0) is 58.0 Å². The van der Waals surface area contributed by atoms with E-state index in [1.807, 2.05) is 35.9 Å². The van der Waals surface area contributed by atoms with Crippen LogP contribution in [0.1, 0.15) is 33.3 Å². The van der Waals surface area contributed by atoms with Crippen LogP contribution in [-0.4, -0.2) is 48.8 Å². The summed E-state index contributed by atoms with van der Waals surface area (Å²) in [5.74, 6) is -0.583. The van der Waals surface area contributed by atoms with Gasteiger partial charge in [-0.15, -0.1) is 0 Å². The molecule has 3 aromatic heterocycles. The van der Waals surface area contributed by atoms with Crippen molar-refractivity contribution in [3.8, 4) is 6.07 Å². The predicted octanol–water partition coefficient (Wildman–Crippen LogP) is 4.41. The summed E-state index contributed by atoms with van der Waals surface area (Å²) in [5.41, 5.74) is 1.04. The standard InChI is InChI=1S/C26H30FN9O2/c1-5-36-22-8-7-19(11-18(22)14-31-36)32-23-17(13-28)12-21(27)24(34-23)33-20(16-35-10-6-9-30-35)15-29-25(37)38-26(2,3)4/h6-12,14,20H,5,15-16H2,1-4H3,(H,29,37)(H2,32,33,34)/t20-/m0/s1. The summed E-state index contributed by atoms with van der Waals surface area (Å²) in [4.78, 5) is 16.6. The Morgan fingerprint density at radius 3 is 2.74 bits per heavy atom. The molecule has 0 aliphatic rings. The topological polar surface area (TPSA) is 135 Å². The summed E-state index contributed by atoms with van der Waals surface area (Å²) in [6.45, 7) is 8.48. The van der Waals surface area contributed by atoms with Gasteiger partial charge in [0, 0.05) is 36.6 Å². The molecule has 1 aromatic carbocycles. The van der Waals surface area contributed by atoms with Crippen LogP contribution in [0, 0.1) is 17.1 Å². The summed E-state index contributed by atoms with van der Waals surface area (Å²) in [6, 6.07) is 10.0. The van der Waals surface area contributed by atoms with Crippen molar-refractivity contribution >= 4 is 34.3 Å². The number of amides is 1.